The molecule has 5 rings (SSSR count). The molecule has 0 aliphatic carbocycles. The molecule has 10 heteroatoms. The number of aromatic nitrogens is 2. The van der Waals surface area contributed by atoms with E-state index >= 15 is 0 Å². The lowest BCUT2D eigenvalue weighted by Gasteiger charge is -2.25. The minimum Gasteiger partial charge on any atom is -0.497 e. The van der Waals surface area contributed by atoms with E-state index in [0.717, 1.165) is 48.4 Å². The second kappa shape index (κ2) is 11.8. The van der Waals surface area contributed by atoms with Crippen LogP contribution < -0.4 is 15.4 Å². The number of carbonyl (C=O) groups is 2. The Morgan fingerprint density at radius 3 is 2.79 bits per heavy atom. The van der Waals surface area contributed by atoms with Gasteiger partial charge in [0.25, 0.3) is 5.91 Å². The zero-order valence-corrected chi connectivity index (χ0v) is 22.1. The van der Waals surface area contributed by atoms with Gasteiger partial charge in [0, 0.05) is 43.1 Å². The van der Waals surface area contributed by atoms with Crippen molar-refractivity contribution in [3.05, 3.63) is 71.4 Å². The van der Waals surface area contributed by atoms with E-state index in [2.05, 4.69) is 20.6 Å². The lowest BCUT2D eigenvalue weighted by molar-refractivity contribution is -0.126. The number of amides is 2. The van der Waals surface area contributed by atoms with Crippen molar-refractivity contribution in [1.82, 2.24) is 20.2 Å². The molecule has 2 atom stereocenters. The zero-order valence-electron chi connectivity index (χ0n) is 22.1. The summed E-state index contributed by atoms with van der Waals surface area (Å²) >= 11 is 0. The molecule has 1 saturated heterocycles. The maximum Gasteiger partial charge on any atom is 0.255 e. The van der Waals surface area contributed by atoms with Crippen LogP contribution in [0.5, 0.6) is 5.75 Å². The van der Waals surface area contributed by atoms with E-state index in [4.69, 9.17) is 14.6 Å². The number of rotatable bonds is 9. The lowest BCUT2D eigenvalue weighted by Crippen LogP contribution is -2.46. The van der Waals surface area contributed by atoms with E-state index in [-0.39, 0.29) is 24.5 Å². The van der Waals surface area contributed by atoms with Gasteiger partial charge in [-0.15, -0.1) is 0 Å². The quantitative estimate of drug-likeness (QED) is 0.406. The van der Waals surface area contributed by atoms with Crippen molar-refractivity contribution >= 4 is 17.8 Å². The summed E-state index contributed by atoms with van der Waals surface area (Å²) in [7, 11) is 1.57. The number of benzene rings is 2. The number of ether oxygens (including phenoxy) is 2. The van der Waals surface area contributed by atoms with Crippen molar-refractivity contribution in [2.24, 2.45) is 0 Å². The minimum atomic E-state index is -0.706. The molecule has 0 bridgehead atoms. The highest BCUT2D eigenvalue weighted by Crippen LogP contribution is 2.30. The van der Waals surface area contributed by atoms with E-state index in [9.17, 15) is 9.59 Å². The molecule has 4 N–H and O–H groups in total. The Morgan fingerprint density at radius 1 is 1.21 bits per heavy atom. The third kappa shape index (κ3) is 5.86. The first-order valence-corrected chi connectivity index (χ1v) is 13.2. The molecule has 0 radical (unpaired) electrons. The third-order valence-electron chi connectivity index (χ3n) is 7.31. The van der Waals surface area contributed by atoms with E-state index in [1.165, 1.54) is 0 Å². The fraction of sp³-hybridized carbons (Fsp3) is 0.379. The second-order valence-corrected chi connectivity index (χ2v) is 9.82. The molecule has 1 aromatic heterocycles. The average molecular weight is 533 g/mol. The van der Waals surface area contributed by atoms with Gasteiger partial charge in [-0.3, -0.25) is 9.59 Å². The maximum atomic E-state index is 13.4. The van der Waals surface area contributed by atoms with Crippen LogP contribution in [0.3, 0.4) is 0 Å². The Kier molecular flexibility index (Phi) is 8.04. The average Bonchev–Trinajstić information content (AvgIpc) is 3.31. The topological polar surface area (TPSA) is 129 Å². The number of hydrogen-bond donors (Lipinski definition) is 2. The van der Waals surface area contributed by atoms with Gasteiger partial charge in [0.05, 0.1) is 12.8 Å². The van der Waals surface area contributed by atoms with Crippen LogP contribution in [0.15, 0.2) is 54.7 Å². The molecule has 3 heterocycles. The number of methoxy groups -OCH3 is 1. The number of nitrogens with one attached hydrogen (secondary N) is 2. The summed E-state index contributed by atoms with van der Waals surface area (Å²) in [4.78, 5) is 37.2. The Balaban J connectivity index is 1.28. The molecule has 0 unspecified atom stereocenters. The van der Waals surface area contributed by atoms with Gasteiger partial charge in [-0.25, -0.2) is 9.97 Å². The summed E-state index contributed by atoms with van der Waals surface area (Å²) in [5, 5.41) is 14.3. The monoisotopic (exact) mass is 532 g/mol. The fourth-order valence-electron chi connectivity index (χ4n) is 4.95. The van der Waals surface area contributed by atoms with Crippen molar-refractivity contribution < 1.29 is 24.2 Å². The van der Waals surface area contributed by atoms with Gasteiger partial charge in [-0.2, -0.15) is 0 Å². The number of carbonyl (C=O) groups excluding carboxylic acids is 2. The summed E-state index contributed by atoms with van der Waals surface area (Å²) in [6, 6.07) is 13.9. The maximum absolute atomic E-state index is 13.4. The van der Waals surface area contributed by atoms with Crippen molar-refractivity contribution in [1.29, 1.82) is 0 Å². The molecular weight excluding hydrogens is 498 g/mol. The van der Waals surface area contributed by atoms with E-state index in [0.29, 0.717) is 23.8 Å². The van der Waals surface area contributed by atoms with Gasteiger partial charge in [0.2, 0.25) is 11.9 Å². The lowest BCUT2D eigenvalue weighted by atomic mass is 10.0. The van der Waals surface area contributed by atoms with Crippen LogP contribution in [0.1, 0.15) is 47.3 Å². The number of fused-ring (bicyclic) bond motifs is 1. The highest BCUT2D eigenvalue weighted by molar-refractivity contribution is 6.02. The molecule has 204 valence electrons. The van der Waals surface area contributed by atoms with E-state index in [1.807, 2.05) is 42.5 Å². The Labute approximate surface area is 227 Å². The highest BCUT2D eigenvalue weighted by atomic mass is 16.5. The SMILES string of the molecule is COc1cccc([C@@H](C[OH2+])NC(=O)[C@@H](C)N2Cc3ccc(-c4ccnc(NC5CCOCC5)n4)cc3C2=O)c1. The Hall–Kier alpha value is -4.02. The fourth-order valence-corrected chi connectivity index (χ4v) is 4.95. The van der Waals surface area contributed by atoms with E-state index < -0.39 is 12.1 Å². The van der Waals surface area contributed by atoms with Gasteiger partial charge in [0.1, 0.15) is 17.8 Å². The van der Waals surface area contributed by atoms with Gasteiger partial charge in [-0.05, 0) is 55.2 Å². The van der Waals surface area contributed by atoms with Crippen molar-refractivity contribution in [3.8, 4) is 17.0 Å². The van der Waals surface area contributed by atoms with Crippen molar-refractivity contribution in [2.45, 2.75) is 44.4 Å². The molecule has 3 aromatic rings. The Bertz CT molecular complexity index is 1340. The van der Waals surface area contributed by atoms with Crippen LogP contribution in [0.2, 0.25) is 0 Å². The standard InChI is InChI=1S/C29H33N5O5/c1-18(27(36)32-26(17-35)19-4-3-5-23(14-19)38-2)34-16-21-7-6-20(15-24(21)28(34)37)25-8-11-30-29(33-25)31-22-9-12-39-13-10-22/h3-8,11,14-15,18,22,26,35H,9-10,12-13,16-17H2,1-2H3,(H,32,36)(H,30,31,33)/p+1/t18-,26-/m1/s1. The number of nitrogens with zero attached hydrogens (tertiary/aromatic N) is 3. The summed E-state index contributed by atoms with van der Waals surface area (Å²) in [5.74, 6) is 0.700. The predicted molar refractivity (Wildman–Crippen MR) is 147 cm³/mol. The summed E-state index contributed by atoms with van der Waals surface area (Å²) < 4.78 is 10.7. The zero-order chi connectivity index (χ0) is 27.4. The van der Waals surface area contributed by atoms with Crippen LogP contribution in [0, 0.1) is 0 Å². The van der Waals surface area contributed by atoms with Gasteiger partial charge in [-0.1, -0.05) is 24.3 Å². The molecule has 0 spiro atoms. The van der Waals surface area contributed by atoms with Crippen LogP contribution >= 0.6 is 0 Å². The van der Waals surface area contributed by atoms with Crippen LogP contribution in [0.4, 0.5) is 5.95 Å². The molecule has 2 aliphatic heterocycles. The highest BCUT2D eigenvalue weighted by Gasteiger charge is 2.35. The molecular formula is C29H34N5O5+. The predicted octanol–water partition coefficient (Wildman–Crippen LogP) is 2.67. The molecule has 39 heavy (non-hydrogen) atoms. The number of hydrogen-bond acceptors (Lipinski definition) is 7. The van der Waals surface area contributed by atoms with E-state index in [1.54, 1.807) is 31.2 Å². The molecule has 1 fully saturated rings. The first-order chi connectivity index (χ1) is 19.0. The summed E-state index contributed by atoms with van der Waals surface area (Å²) in [5.41, 5.74) is 3.74. The van der Waals surface area contributed by atoms with Gasteiger partial charge in [0.15, 0.2) is 6.61 Å². The first kappa shape index (κ1) is 26.6. The van der Waals surface area contributed by atoms with Crippen LogP contribution in [-0.2, 0) is 16.1 Å². The summed E-state index contributed by atoms with van der Waals surface area (Å²) in [6.45, 7) is 3.47. The first-order valence-electron chi connectivity index (χ1n) is 13.2. The smallest absolute Gasteiger partial charge is 0.255 e. The molecule has 0 saturated carbocycles. The largest absolute Gasteiger partial charge is 0.497 e. The minimum absolute atomic E-state index is 0.0343. The molecule has 2 amide bonds. The van der Waals surface area contributed by atoms with Gasteiger partial charge < -0.3 is 30.1 Å². The number of anilines is 1. The van der Waals surface area contributed by atoms with Crippen LogP contribution in [0.25, 0.3) is 11.3 Å². The van der Waals surface area contributed by atoms with Crippen LogP contribution in [-0.4, -0.2) is 70.8 Å². The molecule has 2 aromatic carbocycles. The molecule has 10 nitrogen and oxygen atoms in total. The Morgan fingerprint density at radius 2 is 2.03 bits per heavy atom. The van der Waals surface area contributed by atoms with Crippen molar-refractivity contribution in [2.75, 3.05) is 32.2 Å². The summed E-state index contributed by atoms with van der Waals surface area (Å²) in [6.07, 6.45) is 3.53. The normalized spacial score (nSPS) is 16.9. The third-order valence-corrected chi connectivity index (χ3v) is 7.31. The second-order valence-electron chi connectivity index (χ2n) is 9.82. The van der Waals surface area contributed by atoms with Crippen molar-refractivity contribution in [3.63, 3.8) is 0 Å². The van der Waals surface area contributed by atoms with Gasteiger partial charge >= 0.3 is 0 Å². The molecule has 2 aliphatic rings.